The van der Waals surface area contributed by atoms with Crippen molar-refractivity contribution in [2.75, 3.05) is 0 Å². The Morgan fingerprint density at radius 2 is 1.00 bits per heavy atom. The average Bonchev–Trinajstić information content (AvgIpc) is 2.93. The van der Waals surface area contributed by atoms with E-state index >= 15 is 0 Å². The number of hydrogen-bond acceptors (Lipinski definition) is 7. The molecule has 8 N–H and O–H groups in total. The summed E-state index contributed by atoms with van der Waals surface area (Å²) < 4.78 is 0. The molecule has 0 bridgehead atoms. The van der Waals surface area contributed by atoms with Gasteiger partial charge in [-0.25, -0.2) is 4.79 Å². The van der Waals surface area contributed by atoms with Gasteiger partial charge in [-0.05, 0) is 30.4 Å². The second-order valence-electron chi connectivity index (χ2n) is 9.37. The number of carboxylic acids is 3. The minimum atomic E-state index is -1.58. The highest BCUT2D eigenvalue weighted by Gasteiger charge is 2.31. The molecule has 0 saturated heterocycles. The van der Waals surface area contributed by atoms with Crippen LogP contribution in [0.2, 0.25) is 0 Å². The fourth-order valence-electron chi connectivity index (χ4n) is 3.91. The first-order valence-electron chi connectivity index (χ1n) is 12.9. The molecule has 4 atom stereocenters. The fourth-order valence-corrected chi connectivity index (χ4v) is 3.91. The van der Waals surface area contributed by atoms with E-state index in [4.69, 9.17) is 15.9 Å². The summed E-state index contributed by atoms with van der Waals surface area (Å²) in [5.41, 5.74) is 7.57. The van der Waals surface area contributed by atoms with Crippen LogP contribution in [0.4, 0.5) is 0 Å². The maximum atomic E-state index is 13.4. The molecule has 2 aromatic carbocycles. The Bertz CT molecular complexity index is 1210. The number of rotatable bonds is 17. The van der Waals surface area contributed by atoms with E-state index in [0.717, 1.165) is 5.56 Å². The van der Waals surface area contributed by atoms with Crippen LogP contribution in [-0.2, 0) is 41.6 Å². The van der Waals surface area contributed by atoms with E-state index < -0.39 is 85.5 Å². The summed E-state index contributed by atoms with van der Waals surface area (Å²) in [6, 6.07) is 12.4. The third-order valence-corrected chi connectivity index (χ3v) is 6.09. The maximum absolute atomic E-state index is 13.4. The van der Waals surface area contributed by atoms with Crippen LogP contribution >= 0.6 is 0 Å². The number of carboxylic acid groups (broad SMARTS) is 3. The number of hydrogen-bond donors (Lipinski definition) is 7. The Kier molecular flexibility index (Phi) is 12.9. The molecule has 4 unspecified atom stereocenters. The standard InChI is InChI=1S/C28H34N4O9/c29-19(15-17-7-3-1-4-8-17)25(37)32-22(16-18-9-5-2-6-10-18)27(39)30-20(11-13-23(33)34)26(38)31-21(28(40)41)12-14-24(35)36/h1-10,19-22H,11-16,29H2,(H,30,39)(H,31,38)(H,32,37)(H,33,34)(H,35,36)(H,40,41). The van der Waals surface area contributed by atoms with Gasteiger partial charge in [0.1, 0.15) is 18.1 Å². The maximum Gasteiger partial charge on any atom is 0.326 e. The van der Waals surface area contributed by atoms with Crippen molar-refractivity contribution in [2.24, 2.45) is 5.73 Å². The Hall–Kier alpha value is -4.78. The molecule has 41 heavy (non-hydrogen) atoms. The van der Waals surface area contributed by atoms with Gasteiger partial charge < -0.3 is 37.0 Å². The summed E-state index contributed by atoms with van der Waals surface area (Å²) in [6.45, 7) is 0. The first-order chi connectivity index (χ1) is 19.5. The average molecular weight is 571 g/mol. The van der Waals surface area contributed by atoms with E-state index in [-0.39, 0.29) is 12.8 Å². The van der Waals surface area contributed by atoms with Gasteiger partial charge in [-0.1, -0.05) is 60.7 Å². The van der Waals surface area contributed by atoms with Crippen LogP contribution in [0.25, 0.3) is 0 Å². The molecule has 0 saturated carbocycles. The first-order valence-corrected chi connectivity index (χ1v) is 12.9. The van der Waals surface area contributed by atoms with Crippen LogP contribution in [0.5, 0.6) is 0 Å². The predicted octanol–water partition coefficient (Wildman–Crippen LogP) is 0.0677. The number of carbonyl (C=O) groups excluding carboxylic acids is 3. The smallest absolute Gasteiger partial charge is 0.326 e. The van der Waals surface area contributed by atoms with E-state index in [9.17, 15) is 33.9 Å². The Morgan fingerprint density at radius 3 is 1.49 bits per heavy atom. The van der Waals surface area contributed by atoms with Gasteiger partial charge in [-0.2, -0.15) is 0 Å². The third-order valence-electron chi connectivity index (χ3n) is 6.09. The summed E-state index contributed by atoms with van der Waals surface area (Å²) in [7, 11) is 0. The van der Waals surface area contributed by atoms with Crippen molar-refractivity contribution in [1.82, 2.24) is 16.0 Å². The zero-order valence-corrected chi connectivity index (χ0v) is 22.2. The molecule has 0 aliphatic rings. The van der Waals surface area contributed by atoms with Crippen molar-refractivity contribution in [3.8, 4) is 0 Å². The number of aliphatic carboxylic acids is 3. The van der Waals surface area contributed by atoms with E-state index in [2.05, 4.69) is 16.0 Å². The molecular weight excluding hydrogens is 536 g/mol. The lowest BCUT2D eigenvalue weighted by Crippen LogP contribution is -2.57. The zero-order valence-electron chi connectivity index (χ0n) is 22.2. The van der Waals surface area contributed by atoms with Gasteiger partial charge in [0.25, 0.3) is 0 Å². The molecule has 0 heterocycles. The molecule has 0 aliphatic heterocycles. The Morgan fingerprint density at radius 1 is 0.585 bits per heavy atom. The predicted molar refractivity (Wildman–Crippen MR) is 145 cm³/mol. The molecule has 2 rings (SSSR count). The van der Waals surface area contributed by atoms with Crippen molar-refractivity contribution in [3.05, 3.63) is 71.8 Å². The van der Waals surface area contributed by atoms with Gasteiger partial charge in [0.2, 0.25) is 17.7 Å². The van der Waals surface area contributed by atoms with Gasteiger partial charge in [-0.15, -0.1) is 0 Å². The van der Waals surface area contributed by atoms with Crippen LogP contribution in [0.15, 0.2) is 60.7 Å². The van der Waals surface area contributed by atoms with Crippen LogP contribution in [-0.4, -0.2) is 75.1 Å². The van der Waals surface area contributed by atoms with Crippen molar-refractivity contribution in [3.63, 3.8) is 0 Å². The molecule has 13 heteroatoms. The van der Waals surface area contributed by atoms with Crippen molar-refractivity contribution < 1.29 is 44.1 Å². The summed E-state index contributed by atoms with van der Waals surface area (Å²) in [5.74, 6) is -6.49. The molecule has 0 radical (unpaired) electrons. The highest BCUT2D eigenvalue weighted by Crippen LogP contribution is 2.08. The highest BCUT2D eigenvalue weighted by atomic mass is 16.4. The fraction of sp³-hybridized carbons (Fsp3) is 0.357. The molecule has 0 fully saturated rings. The number of nitrogens with one attached hydrogen (secondary N) is 3. The second kappa shape index (κ2) is 16.4. The van der Waals surface area contributed by atoms with Crippen LogP contribution in [0.1, 0.15) is 36.8 Å². The SMILES string of the molecule is NC(Cc1ccccc1)C(=O)NC(Cc1ccccc1)C(=O)NC(CCC(=O)O)C(=O)NC(CCC(=O)O)C(=O)O. The minimum absolute atomic E-state index is 0.0140. The topological polar surface area (TPSA) is 225 Å². The van der Waals surface area contributed by atoms with Crippen LogP contribution < -0.4 is 21.7 Å². The van der Waals surface area contributed by atoms with Crippen LogP contribution in [0.3, 0.4) is 0 Å². The molecular formula is C28H34N4O9. The monoisotopic (exact) mass is 570 g/mol. The molecule has 3 amide bonds. The van der Waals surface area contributed by atoms with E-state index in [1.807, 2.05) is 6.07 Å². The second-order valence-corrected chi connectivity index (χ2v) is 9.37. The summed E-state index contributed by atoms with van der Waals surface area (Å²) in [5, 5.41) is 34.5. The van der Waals surface area contributed by atoms with Crippen LogP contribution in [0, 0.1) is 0 Å². The molecule has 13 nitrogen and oxygen atoms in total. The summed E-state index contributed by atoms with van der Waals surface area (Å²) in [4.78, 5) is 72.8. The lowest BCUT2D eigenvalue weighted by atomic mass is 10.0. The number of nitrogens with two attached hydrogens (primary N) is 1. The number of amides is 3. The number of carbonyl (C=O) groups is 6. The Labute approximate surface area is 236 Å². The molecule has 220 valence electrons. The lowest BCUT2D eigenvalue weighted by molar-refractivity contribution is -0.144. The van der Waals surface area contributed by atoms with Crippen molar-refractivity contribution in [2.45, 2.75) is 62.7 Å². The largest absolute Gasteiger partial charge is 0.481 e. The minimum Gasteiger partial charge on any atom is -0.481 e. The van der Waals surface area contributed by atoms with Gasteiger partial charge in [0, 0.05) is 19.3 Å². The van der Waals surface area contributed by atoms with Gasteiger partial charge in [0.05, 0.1) is 6.04 Å². The van der Waals surface area contributed by atoms with E-state index in [0.29, 0.717) is 5.56 Å². The molecule has 0 spiro atoms. The summed E-state index contributed by atoms with van der Waals surface area (Å²) >= 11 is 0. The lowest BCUT2D eigenvalue weighted by Gasteiger charge is -2.25. The van der Waals surface area contributed by atoms with Crippen molar-refractivity contribution >= 4 is 35.6 Å². The van der Waals surface area contributed by atoms with Crippen molar-refractivity contribution in [1.29, 1.82) is 0 Å². The Balaban J connectivity index is 2.22. The van der Waals surface area contributed by atoms with Gasteiger partial charge in [0.15, 0.2) is 0 Å². The molecule has 0 aliphatic carbocycles. The van der Waals surface area contributed by atoms with E-state index in [1.54, 1.807) is 54.6 Å². The summed E-state index contributed by atoms with van der Waals surface area (Å²) in [6.07, 6.45) is -1.69. The zero-order chi connectivity index (χ0) is 30.4. The van der Waals surface area contributed by atoms with Gasteiger partial charge >= 0.3 is 17.9 Å². The highest BCUT2D eigenvalue weighted by molar-refractivity contribution is 5.94. The van der Waals surface area contributed by atoms with E-state index in [1.165, 1.54) is 0 Å². The molecule has 0 aromatic heterocycles. The number of benzene rings is 2. The normalized spacial score (nSPS) is 13.6. The quantitative estimate of drug-likeness (QED) is 0.135. The first kappa shape index (κ1) is 32.4. The third kappa shape index (κ3) is 11.9. The molecule has 2 aromatic rings. The van der Waals surface area contributed by atoms with Gasteiger partial charge in [-0.3, -0.25) is 24.0 Å².